The third-order valence-corrected chi connectivity index (χ3v) is 15.8. The number of carbonyl (C=O) groups excluding carboxylic acids is 2. The van der Waals surface area contributed by atoms with E-state index in [0.29, 0.717) is 41.1 Å². The number of ether oxygens (including phenoxy) is 2. The molecule has 68 heavy (non-hydrogen) atoms. The van der Waals surface area contributed by atoms with E-state index < -0.39 is 15.9 Å². The van der Waals surface area contributed by atoms with Gasteiger partial charge in [-0.05, 0) is 147 Å². The fourth-order valence-electron chi connectivity index (χ4n) is 10.3. The first-order valence-electron chi connectivity index (χ1n) is 23.4. The molecule has 1 aromatic heterocycles. The lowest BCUT2D eigenvalue weighted by Crippen LogP contribution is -2.63. The summed E-state index contributed by atoms with van der Waals surface area (Å²) >= 11 is 6.33. The Hall–Kier alpha value is -6.76. The van der Waals surface area contributed by atoms with Crippen molar-refractivity contribution < 1.29 is 27.5 Å². The Kier molecular flexibility index (Phi) is 12.4. The van der Waals surface area contributed by atoms with E-state index in [4.69, 9.17) is 21.1 Å². The fraction of sp³-hybridized carbons (Fsp3) is 0.273. The number of carbonyl (C=O) groups is 2. The minimum atomic E-state index is -4.29. The van der Waals surface area contributed by atoms with Crippen molar-refractivity contribution in [3.05, 3.63) is 172 Å². The molecule has 1 saturated carbocycles. The number of aromatic amines is 1. The van der Waals surface area contributed by atoms with Crippen LogP contribution in [0.3, 0.4) is 0 Å². The number of halogens is 1. The first-order chi connectivity index (χ1) is 32.9. The van der Waals surface area contributed by atoms with Crippen molar-refractivity contribution in [3.8, 4) is 17.2 Å². The number of sulfonamides is 1. The van der Waals surface area contributed by atoms with Crippen LogP contribution in [0.5, 0.6) is 17.2 Å². The van der Waals surface area contributed by atoms with Gasteiger partial charge in [0, 0.05) is 64.9 Å². The van der Waals surface area contributed by atoms with Crippen molar-refractivity contribution >= 4 is 61.4 Å². The van der Waals surface area contributed by atoms with Crippen LogP contribution >= 0.6 is 11.6 Å². The summed E-state index contributed by atoms with van der Waals surface area (Å²) in [6.07, 6.45) is 7.56. The molecule has 13 heteroatoms. The van der Waals surface area contributed by atoms with Gasteiger partial charge in [0.2, 0.25) is 5.91 Å². The number of aromatic nitrogens is 1. The molecule has 1 aliphatic carbocycles. The first-order valence-corrected chi connectivity index (χ1v) is 25.2. The highest BCUT2D eigenvalue weighted by atomic mass is 35.5. The number of aryl methyl sites for hydroxylation is 2. The summed E-state index contributed by atoms with van der Waals surface area (Å²) in [6.45, 7) is 6.37. The molecule has 0 radical (unpaired) electrons. The maximum Gasteiger partial charge on any atom is 0.268 e. The SMILES string of the molecule is Cc1ccc(Nc2ccc(S(=O)(=O)NC(=O)c3ccc(N4CCC(CN5C(=O)C6(CCCC6)C5c5cccc(OCc6ccccc6)c5)CC4)cc3Oc3ccc4[nH]ccc4c3)cc2C)cc1Cl. The maximum absolute atomic E-state index is 14.1. The van der Waals surface area contributed by atoms with Gasteiger partial charge in [0.05, 0.1) is 21.9 Å². The molecule has 1 unspecified atom stereocenters. The van der Waals surface area contributed by atoms with Crippen LogP contribution in [0.15, 0.2) is 145 Å². The number of nitrogens with zero attached hydrogens (tertiary/aromatic N) is 2. The lowest BCUT2D eigenvalue weighted by Gasteiger charge is -2.56. The molecule has 3 aliphatic rings. The number of hydrogen-bond acceptors (Lipinski definition) is 8. The second kappa shape index (κ2) is 18.7. The summed E-state index contributed by atoms with van der Waals surface area (Å²) in [6, 6.07) is 41.6. The van der Waals surface area contributed by atoms with Gasteiger partial charge in [0.1, 0.15) is 23.9 Å². The number of benzene rings is 6. The van der Waals surface area contributed by atoms with Crippen LogP contribution in [0.2, 0.25) is 5.02 Å². The van der Waals surface area contributed by atoms with Gasteiger partial charge < -0.3 is 29.6 Å². The average molecular weight is 949 g/mol. The van der Waals surface area contributed by atoms with Crippen LogP contribution in [0.1, 0.15) is 77.2 Å². The smallest absolute Gasteiger partial charge is 0.268 e. The van der Waals surface area contributed by atoms with E-state index >= 15 is 0 Å². The van der Waals surface area contributed by atoms with Gasteiger partial charge in [-0.1, -0.05) is 73.0 Å². The monoisotopic (exact) mass is 947 g/mol. The highest BCUT2D eigenvalue weighted by Gasteiger charge is 2.61. The number of fused-ring (bicyclic) bond motifs is 1. The molecule has 3 N–H and O–H groups in total. The molecule has 2 saturated heterocycles. The van der Waals surface area contributed by atoms with Gasteiger partial charge >= 0.3 is 0 Å². The molecule has 7 aromatic rings. The average Bonchev–Trinajstić information content (AvgIpc) is 4.05. The van der Waals surface area contributed by atoms with Crippen molar-refractivity contribution in [3.63, 3.8) is 0 Å². The Morgan fingerprint density at radius 3 is 2.41 bits per heavy atom. The van der Waals surface area contributed by atoms with Crippen LogP contribution in [-0.4, -0.2) is 49.8 Å². The minimum Gasteiger partial charge on any atom is -0.489 e. The van der Waals surface area contributed by atoms with E-state index in [1.807, 2.05) is 98.0 Å². The van der Waals surface area contributed by atoms with Crippen molar-refractivity contribution in [2.75, 3.05) is 29.9 Å². The number of amides is 2. The van der Waals surface area contributed by atoms with Gasteiger partial charge in [-0.25, -0.2) is 13.1 Å². The third-order valence-electron chi connectivity index (χ3n) is 14.0. The van der Waals surface area contributed by atoms with Crippen molar-refractivity contribution in [2.24, 2.45) is 11.3 Å². The summed E-state index contributed by atoms with van der Waals surface area (Å²) in [5, 5.41) is 4.84. The van der Waals surface area contributed by atoms with E-state index in [9.17, 15) is 18.0 Å². The Bertz CT molecular complexity index is 3130. The number of anilines is 3. The molecule has 0 bridgehead atoms. The molecule has 1 spiro atoms. The summed E-state index contributed by atoms with van der Waals surface area (Å²) in [7, 11) is -4.29. The summed E-state index contributed by atoms with van der Waals surface area (Å²) in [5.74, 6) is 1.31. The number of hydrogen-bond donors (Lipinski definition) is 3. The third kappa shape index (κ3) is 9.14. The Morgan fingerprint density at radius 1 is 0.824 bits per heavy atom. The zero-order valence-corrected chi connectivity index (χ0v) is 39.7. The molecule has 2 aliphatic heterocycles. The van der Waals surface area contributed by atoms with Crippen LogP contribution in [0.4, 0.5) is 17.1 Å². The Labute approximate surface area is 402 Å². The second-order valence-electron chi connectivity index (χ2n) is 18.5. The van der Waals surface area contributed by atoms with Crippen LogP contribution < -0.4 is 24.4 Å². The maximum atomic E-state index is 14.1. The molecule has 11 nitrogen and oxygen atoms in total. The van der Waals surface area contributed by atoms with E-state index in [2.05, 4.69) is 49.1 Å². The van der Waals surface area contributed by atoms with Gasteiger partial charge in [-0.15, -0.1) is 0 Å². The molecule has 1 atom stereocenters. The number of likely N-dealkylation sites (tertiary alicyclic amines) is 1. The summed E-state index contributed by atoms with van der Waals surface area (Å²) < 4.78 is 42.6. The van der Waals surface area contributed by atoms with Gasteiger partial charge in [0.25, 0.3) is 15.9 Å². The number of H-pyrrole nitrogens is 1. The number of β-lactam (4-membered cyclic amide) rings is 1. The van der Waals surface area contributed by atoms with E-state index in [1.165, 1.54) is 12.1 Å². The predicted molar refractivity (Wildman–Crippen MR) is 268 cm³/mol. The largest absolute Gasteiger partial charge is 0.489 e. The van der Waals surface area contributed by atoms with E-state index in [1.54, 1.807) is 19.1 Å². The molecular weight excluding hydrogens is 894 g/mol. The van der Waals surface area contributed by atoms with E-state index in [0.717, 1.165) is 96.3 Å². The van der Waals surface area contributed by atoms with Crippen molar-refractivity contribution in [2.45, 2.75) is 69.9 Å². The van der Waals surface area contributed by atoms with Crippen molar-refractivity contribution in [1.29, 1.82) is 0 Å². The van der Waals surface area contributed by atoms with Crippen molar-refractivity contribution in [1.82, 2.24) is 14.6 Å². The lowest BCUT2D eigenvalue weighted by atomic mass is 9.66. The van der Waals surface area contributed by atoms with Gasteiger partial charge in [-0.2, -0.15) is 0 Å². The molecule has 3 heterocycles. The van der Waals surface area contributed by atoms with Gasteiger partial charge in [-0.3, -0.25) is 9.59 Å². The Morgan fingerprint density at radius 2 is 1.63 bits per heavy atom. The highest BCUT2D eigenvalue weighted by molar-refractivity contribution is 7.90. The molecule has 348 valence electrons. The zero-order chi connectivity index (χ0) is 47.0. The standard InChI is InChI=1S/C55H54ClN5O6S/c1-36-13-14-42(32-48(36)56)58-49-20-17-46(29-37(49)2)68(64,65)59-53(62)47-18-15-43(33-51(47)67-45-16-19-50-40(30-45)21-26-57-50)60-27-22-38(23-28-60)34-61-52(55(54(61)63)24-6-7-25-55)41-11-8-12-44(31-41)66-35-39-9-4-3-5-10-39/h3-5,8-21,26,29-33,38,52,57-58H,6-7,22-25,27-28,34-35H2,1-2H3,(H,59,62). The molecule has 3 fully saturated rings. The second-order valence-corrected chi connectivity index (χ2v) is 20.6. The summed E-state index contributed by atoms with van der Waals surface area (Å²) in [5.41, 5.74) is 6.84. The normalized spacial score (nSPS) is 17.0. The topological polar surface area (TPSA) is 133 Å². The predicted octanol–water partition coefficient (Wildman–Crippen LogP) is 12.0. The molecular formula is C55H54ClN5O6S. The van der Waals surface area contributed by atoms with Crippen LogP contribution in [-0.2, 0) is 21.4 Å². The molecule has 2 amide bonds. The lowest BCUT2D eigenvalue weighted by molar-refractivity contribution is -0.174. The number of rotatable bonds is 14. The zero-order valence-electron chi connectivity index (χ0n) is 38.1. The quantitative estimate of drug-likeness (QED) is 0.0918. The molecule has 6 aromatic carbocycles. The molecule has 10 rings (SSSR count). The van der Waals surface area contributed by atoms with Crippen LogP contribution in [0.25, 0.3) is 10.9 Å². The minimum absolute atomic E-state index is 0.0213. The van der Waals surface area contributed by atoms with Gasteiger partial charge in [0.15, 0.2) is 0 Å². The van der Waals surface area contributed by atoms with E-state index in [-0.39, 0.29) is 33.6 Å². The fourth-order valence-corrected chi connectivity index (χ4v) is 11.5. The number of nitrogens with one attached hydrogen (secondary N) is 3. The van der Waals surface area contributed by atoms with Crippen LogP contribution in [0, 0.1) is 25.2 Å². The summed E-state index contributed by atoms with van der Waals surface area (Å²) in [4.78, 5) is 35.7. The Balaban J connectivity index is 0.841. The first kappa shape index (κ1) is 45.0. The number of piperidine rings is 1. The highest BCUT2D eigenvalue weighted by Crippen LogP contribution is 2.59.